The van der Waals surface area contributed by atoms with Crippen molar-refractivity contribution in [2.75, 3.05) is 0 Å². The molecule has 7 nitrogen and oxygen atoms in total. The van der Waals surface area contributed by atoms with Gasteiger partial charge in [0.2, 0.25) is 5.43 Å². The first-order valence-corrected chi connectivity index (χ1v) is 7.81. The van der Waals surface area contributed by atoms with Gasteiger partial charge in [-0.15, -0.1) is 0 Å². The summed E-state index contributed by atoms with van der Waals surface area (Å²) in [6.45, 7) is 0. The lowest BCUT2D eigenvalue weighted by Crippen LogP contribution is -2.17. The van der Waals surface area contributed by atoms with E-state index in [9.17, 15) is 9.59 Å². The van der Waals surface area contributed by atoms with Crippen molar-refractivity contribution >= 4 is 28.7 Å². The molecule has 1 N–H and O–H groups in total. The van der Waals surface area contributed by atoms with Crippen LogP contribution < -0.4 is 10.2 Å². The molecule has 0 bridgehead atoms. The van der Waals surface area contributed by atoms with Crippen molar-refractivity contribution in [3.63, 3.8) is 0 Å². The summed E-state index contributed by atoms with van der Waals surface area (Å²) in [4.78, 5) is 27.2. The number of pyridine rings is 1. The van der Waals surface area contributed by atoms with Crippen molar-refractivity contribution in [2.24, 2.45) is 0 Å². The van der Waals surface area contributed by atoms with Gasteiger partial charge in [0, 0.05) is 18.4 Å². The maximum Gasteiger partial charge on any atom is 0.511 e. The Labute approximate surface area is 144 Å². The van der Waals surface area contributed by atoms with Crippen LogP contribution in [0.3, 0.4) is 0 Å². The summed E-state index contributed by atoms with van der Waals surface area (Å²) >= 11 is 6.18. The van der Waals surface area contributed by atoms with E-state index in [0.717, 1.165) is 12.8 Å². The minimum atomic E-state index is -1.61. The first-order chi connectivity index (χ1) is 12.0. The van der Waals surface area contributed by atoms with Gasteiger partial charge in [-0.05, 0) is 18.9 Å². The topological polar surface area (TPSA) is 86.3 Å². The molecule has 2 heterocycles. The number of aromatic nitrogens is 3. The molecule has 128 valence electrons. The summed E-state index contributed by atoms with van der Waals surface area (Å²) < 4.78 is 22.8. The molecule has 0 amide bonds. The Hall–Kier alpha value is -2.87. The highest BCUT2D eigenvalue weighted by Gasteiger charge is 2.29. The second kappa shape index (κ2) is 5.59. The number of hydrogen-bond acceptors (Lipinski definition) is 4. The van der Waals surface area contributed by atoms with Crippen molar-refractivity contribution in [3.05, 3.63) is 52.0 Å². The predicted molar refractivity (Wildman–Crippen MR) is 87.2 cm³/mol. The largest absolute Gasteiger partial charge is 0.511 e. The fourth-order valence-electron chi connectivity index (χ4n) is 2.84. The lowest BCUT2D eigenvalue weighted by atomic mass is 10.1. The molecule has 1 saturated carbocycles. The second-order valence-electron chi connectivity index (χ2n) is 5.72. The van der Waals surface area contributed by atoms with E-state index in [1.807, 2.05) is 0 Å². The Morgan fingerprint density at radius 3 is 2.80 bits per heavy atom. The van der Waals surface area contributed by atoms with Crippen molar-refractivity contribution in [3.8, 4) is 11.4 Å². The maximum absolute atomic E-state index is 15.3. The van der Waals surface area contributed by atoms with Crippen LogP contribution in [0.25, 0.3) is 16.6 Å². The summed E-state index contributed by atoms with van der Waals surface area (Å²) in [5.74, 6) is -1.05. The molecule has 25 heavy (non-hydrogen) atoms. The number of fused-ring (bicyclic) bond motifs is 1. The van der Waals surface area contributed by atoms with Crippen LogP contribution >= 0.6 is 11.6 Å². The number of carboxylic acid groups (broad SMARTS) is 1. The Bertz CT molecular complexity index is 1060. The van der Waals surface area contributed by atoms with Crippen LogP contribution in [-0.2, 0) is 0 Å². The van der Waals surface area contributed by atoms with Crippen LogP contribution in [0.2, 0.25) is 5.02 Å². The zero-order chi connectivity index (χ0) is 17.7. The van der Waals surface area contributed by atoms with E-state index in [2.05, 4.69) is 9.72 Å². The number of carbonyl (C=O) groups is 1. The van der Waals surface area contributed by atoms with Gasteiger partial charge in [0.15, 0.2) is 11.6 Å². The molecule has 0 saturated heterocycles. The van der Waals surface area contributed by atoms with Gasteiger partial charge in [0.25, 0.3) is 0 Å². The molecule has 1 aliphatic carbocycles. The van der Waals surface area contributed by atoms with E-state index in [1.54, 1.807) is 4.57 Å². The Morgan fingerprint density at radius 1 is 1.44 bits per heavy atom. The summed E-state index contributed by atoms with van der Waals surface area (Å²) in [5.41, 5.74) is -0.585. The smallest absolute Gasteiger partial charge is 0.449 e. The number of rotatable bonds is 3. The zero-order valence-electron chi connectivity index (χ0n) is 12.6. The van der Waals surface area contributed by atoms with E-state index in [4.69, 9.17) is 16.7 Å². The third-order valence-electron chi connectivity index (χ3n) is 4.05. The minimum Gasteiger partial charge on any atom is -0.449 e. The Kier molecular flexibility index (Phi) is 3.50. The lowest BCUT2D eigenvalue weighted by Gasteiger charge is -2.16. The molecule has 9 heteroatoms. The summed E-state index contributed by atoms with van der Waals surface area (Å²) in [5, 5.41) is 8.78. The molecular weight excluding hydrogens is 353 g/mol. The van der Waals surface area contributed by atoms with E-state index >= 15 is 4.39 Å². The standard InChI is InChI=1S/C16H11ClFN3O4/c17-10-5-9-13(12(18)14(10)20-4-3-19-7-20)21(8-1-2-8)6-11(15(9)22)25-16(23)24/h3-8H,1-2H2,(H,23,24). The molecule has 1 fully saturated rings. The SMILES string of the molecule is O=C(O)Oc1cn(C2CC2)c2c(F)c(-n3ccnc3)c(Cl)cc2c1=O. The van der Waals surface area contributed by atoms with Crippen LogP contribution in [0, 0.1) is 5.82 Å². The number of hydrogen-bond donors (Lipinski definition) is 1. The molecule has 1 aliphatic rings. The predicted octanol–water partition coefficient (Wildman–Crippen LogP) is 3.37. The van der Waals surface area contributed by atoms with Crippen LogP contribution in [0.15, 0.2) is 35.8 Å². The zero-order valence-corrected chi connectivity index (χ0v) is 13.4. The molecular formula is C16H11ClFN3O4. The van der Waals surface area contributed by atoms with Crippen molar-refractivity contribution < 1.29 is 19.0 Å². The normalized spacial score (nSPS) is 14.0. The van der Waals surface area contributed by atoms with Crippen LogP contribution in [0.4, 0.5) is 9.18 Å². The minimum absolute atomic E-state index is 0.00919. The summed E-state index contributed by atoms with van der Waals surface area (Å²) in [6.07, 6.45) is 5.65. The van der Waals surface area contributed by atoms with Gasteiger partial charge in [0.05, 0.1) is 28.4 Å². The fourth-order valence-corrected chi connectivity index (χ4v) is 3.13. The molecule has 4 rings (SSSR count). The highest BCUT2D eigenvalue weighted by atomic mass is 35.5. The van der Waals surface area contributed by atoms with Crippen molar-refractivity contribution in [1.82, 2.24) is 14.1 Å². The third kappa shape index (κ3) is 2.54. The maximum atomic E-state index is 15.3. The molecule has 3 aromatic rings. The van der Waals surface area contributed by atoms with Crippen LogP contribution in [-0.4, -0.2) is 25.4 Å². The number of nitrogens with zero attached hydrogens (tertiary/aromatic N) is 3. The van der Waals surface area contributed by atoms with Crippen molar-refractivity contribution in [1.29, 1.82) is 0 Å². The second-order valence-corrected chi connectivity index (χ2v) is 6.12. The van der Waals surface area contributed by atoms with E-state index in [-0.39, 0.29) is 33.4 Å². The highest BCUT2D eigenvalue weighted by molar-refractivity contribution is 6.33. The van der Waals surface area contributed by atoms with E-state index in [0.29, 0.717) is 0 Å². The lowest BCUT2D eigenvalue weighted by molar-refractivity contribution is 0.143. The quantitative estimate of drug-likeness (QED) is 0.721. The molecule has 0 atom stereocenters. The van der Waals surface area contributed by atoms with Gasteiger partial charge in [-0.25, -0.2) is 14.2 Å². The fraction of sp³-hybridized carbons (Fsp3) is 0.188. The summed E-state index contributed by atoms with van der Waals surface area (Å²) in [6, 6.07) is 1.30. The molecule has 0 unspecified atom stereocenters. The first-order valence-electron chi connectivity index (χ1n) is 7.43. The van der Waals surface area contributed by atoms with Gasteiger partial charge in [-0.2, -0.15) is 0 Å². The third-order valence-corrected chi connectivity index (χ3v) is 4.34. The van der Waals surface area contributed by atoms with E-state index < -0.39 is 17.4 Å². The molecule has 0 spiro atoms. The molecule has 0 aliphatic heterocycles. The van der Waals surface area contributed by atoms with Gasteiger partial charge in [-0.3, -0.25) is 4.79 Å². The number of halogens is 2. The van der Waals surface area contributed by atoms with E-state index in [1.165, 1.54) is 35.6 Å². The molecule has 0 radical (unpaired) electrons. The molecule has 2 aromatic heterocycles. The number of benzene rings is 1. The highest BCUT2D eigenvalue weighted by Crippen LogP contribution is 2.40. The Morgan fingerprint density at radius 2 is 2.20 bits per heavy atom. The average Bonchev–Trinajstić information content (AvgIpc) is 3.26. The van der Waals surface area contributed by atoms with Crippen molar-refractivity contribution in [2.45, 2.75) is 18.9 Å². The Balaban J connectivity index is 2.08. The number of ether oxygens (including phenoxy) is 1. The van der Waals surface area contributed by atoms with Crippen LogP contribution in [0.1, 0.15) is 18.9 Å². The molecule has 1 aromatic carbocycles. The van der Waals surface area contributed by atoms with Gasteiger partial charge < -0.3 is 19.0 Å². The monoisotopic (exact) mass is 363 g/mol. The summed E-state index contributed by atoms with van der Waals surface area (Å²) in [7, 11) is 0. The number of imidazole rings is 1. The first kappa shape index (κ1) is 15.6. The van der Waals surface area contributed by atoms with Gasteiger partial charge in [-0.1, -0.05) is 11.6 Å². The van der Waals surface area contributed by atoms with Gasteiger partial charge >= 0.3 is 6.16 Å². The average molecular weight is 364 g/mol. The van der Waals surface area contributed by atoms with Gasteiger partial charge in [0.1, 0.15) is 5.69 Å². The van der Waals surface area contributed by atoms with Crippen LogP contribution in [0.5, 0.6) is 5.75 Å².